The Balaban J connectivity index is 1.55. The highest BCUT2D eigenvalue weighted by Gasteiger charge is 2.35. The van der Waals surface area contributed by atoms with Crippen molar-refractivity contribution in [1.82, 2.24) is 0 Å². The first-order chi connectivity index (χ1) is 12.5. The first-order valence-corrected chi connectivity index (χ1v) is 10.5. The summed E-state index contributed by atoms with van der Waals surface area (Å²) in [4.78, 5) is 0. The third kappa shape index (κ3) is 3.50. The molecule has 2 aliphatic rings. The average Bonchev–Trinajstić information content (AvgIpc) is 2.63. The van der Waals surface area contributed by atoms with Crippen LogP contribution in [0.4, 0.5) is 8.78 Å². The molecule has 26 heavy (non-hydrogen) atoms. The zero-order valence-electron chi connectivity index (χ0n) is 15.4. The van der Waals surface area contributed by atoms with E-state index in [0.29, 0.717) is 16.7 Å². The number of halogens is 3. The van der Waals surface area contributed by atoms with Crippen molar-refractivity contribution in [2.75, 3.05) is 0 Å². The molecule has 2 aromatic rings. The van der Waals surface area contributed by atoms with Crippen molar-refractivity contribution >= 4 is 22.4 Å². The van der Waals surface area contributed by atoms with Gasteiger partial charge in [-0.15, -0.1) is 0 Å². The SMILES string of the molecule is CCCC1CCC2CC(c3cc(F)c4cc(Cl)c(F)cc4c3)CCC2C1. The Kier molecular flexibility index (Phi) is 5.23. The molecule has 0 nitrogen and oxygen atoms in total. The molecule has 2 saturated carbocycles. The van der Waals surface area contributed by atoms with Gasteiger partial charge >= 0.3 is 0 Å². The summed E-state index contributed by atoms with van der Waals surface area (Å²) in [6.07, 6.45) is 10.3. The van der Waals surface area contributed by atoms with Gasteiger partial charge in [0.25, 0.3) is 0 Å². The summed E-state index contributed by atoms with van der Waals surface area (Å²) >= 11 is 5.82. The molecule has 2 aliphatic carbocycles. The highest BCUT2D eigenvalue weighted by Crippen LogP contribution is 2.48. The van der Waals surface area contributed by atoms with E-state index in [1.807, 2.05) is 6.07 Å². The predicted molar refractivity (Wildman–Crippen MR) is 105 cm³/mol. The van der Waals surface area contributed by atoms with Crippen molar-refractivity contribution in [3.8, 4) is 0 Å². The Morgan fingerprint density at radius 1 is 0.923 bits per heavy atom. The molecule has 0 spiro atoms. The van der Waals surface area contributed by atoms with Gasteiger partial charge in [0.2, 0.25) is 0 Å². The van der Waals surface area contributed by atoms with E-state index in [4.69, 9.17) is 11.6 Å². The molecule has 0 saturated heterocycles. The van der Waals surface area contributed by atoms with E-state index in [1.54, 1.807) is 6.07 Å². The molecule has 0 aromatic heterocycles. The van der Waals surface area contributed by atoms with Crippen molar-refractivity contribution in [2.45, 2.75) is 64.2 Å². The van der Waals surface area contributed by atoms with E-state index in [9.17, 15) is 8.78 Å². The van der Waals surface area contributed by atoms with Crippen molar-refractivity contribution < 1.29 is 8.78 Å². The monoisotopic (exact) mass is 376 g/mol. The molecule has 2 fully saturated rings. The molecule has 0 N–H and O–H groups in total. The standard InChI is InChI=1S/C23H27ClF2/c1-2-3-14-4-5-16-9-17(7-6-15(16)8-14)18-10-19-12-23(26)21(24)13-20(19)22(25)11-18/h10-17H,2-9H2,1H3. The number of hydrogen-bond acceptors (Lipinski definition) is 0. The van der Waals surface area contributed by atoms with Crippen LogP contribution in [0.5, 0.6) is 0 Å². The Morgan fingerprint density at radius 2 is 1.69 bits per heavy atom. The van der Waals surface area contributed by atoms with Gasteiger partial charge in [0, 0.05) is 5.39 Å². The van der Waals surface area contributed by atoms with Gasteiger partial charge in [-0.25, -0.2) is 8.78 Å². The quantitative estimate of drug-likeness (QED) is 0.511. The molecule has 0 amide bonds. The summed E-state index contributed by atoms with van der Waals surface area (Å²) in [5.41, 5.74) is 1.03. The maximum Gasteiger partial charge on any atom is 0.142 e. The molecule has 4 rings (SSSR count). The van der Waals surface area contributed by atoms with Crippen molar-refractivity contribution in [1.29, 1.82) is 0 Å². The van der Waals surface area contributed by atoms with E-state index in [1.165, 1.54) is 50.7 Å². The van der Waals surface area contributed by atoms with Gasteiger partial charge in [-0.05, 0) is 84.9 Å². The normalized spacial score (nSPS) is 28.9. The zero-order chi connectivity index (χ0) is 18.3. The number of hydrogen-bond donors (Lipinski definition) is 0. The highest BCUT2D eigenvalue weighted by molar-refractivity contribution is 6.31. The van der Waals surface area contributed by atoms with Crippen LogP contribution in [0.3, 0.4) is 0 Å². The van der Waals surface area contributed by atoms with Crippen LogP contribution < -0.4 is 0 Å². The van der Waals surface area contributed by atoms with E-state index in [2.05, 4.69) is 6.92 Å². The summed E-state index contributed by atoms with van der Waals surface area (Å²) in [5, 5.41) is 1.01. The molecule has 0 bridgehead atoms. The number of fused-ring (bicyclic) bond motifs is 2. The van der Waals surface area contributed by atoms with Crippen LogP contribution in [0, 0.1) is 29.4 Å². The van der Waals surface area contributed by atoms with Crippen LogP contribution in [0.1, 0.15) is 69.8 Å². The Hall–Kier alpha value is -1.15. The van der Waals surface area contributed by atoms with E-state index < -0.39 is 5.82 Å². The fraction of sp³-hybridized carbons (Fsp3) is 0.565. The van der Waals surface area contributed by atoms with E-state index >= 15 is 0 Å². The van der Waals surface area contributed by atoms with Crippen LogP contribution in [0.2, 0.25) is 5.02 Å². The maximum atomic E-state index is 14.6. The van der Waals surface area contributed by atoms with Crippen LogP contribution in [-0.4, -0.2) is 0 Å². The summed E-state index contributed by atoms with van der Waals surface area (Å²) < 4.78 is 28.4. The molecule has 3 heteroatoms. The average molecular weight is 377 g/mol. The Labute approximate surface area is 159 Å². The topological polar surface area (TPSA) is 0 Å². The third-order valence-electron chi connectivity index (χ3n) is 6.86. The van der Waals surface area contributed by atoms with Gasteiger partial charge in [-0.1, -0.05) is 43.9 Å². The van der Waals surface area contributed by atoms with Crippen molar-refractivity contribution in [3.05, 3.63) is 46.5 Å². The minimum atomic E-state index is -0.478. The zero-order valence-corrected chi connectivity index (χ0v) is 16.2. The molecular weight excluding hydrogens is 350 g/mol. The van der Waals surface area contributed by atoms with Gasteiger partial charge in [0.1, 0.15) is 11.6 Å². The second kappa shape index (κ2) is 7.46. The molecular formula is C23H27ClF2. The van der Waals surface area contributed by atoms with Gasteiger partial charge in [0.05, 0.1) is 5.02 Å². The number of benzene rings is 2. The van der Waals surface area contributed by atoms with E-state index in [-0.39, 0.29) is 10.8 Å². The van der Waals surface area contributed by atoms with Crippen LogP contribution >= 0.6 is 11.6 Å². The van der Waals surface area contributed by atoms with E-state index in [0.717, 1.165) is 36.2 Å². The Bertz CT molecular complexity index is 800. The second-order valence-electron chi connectivity index (χ2n) is 8.49. The second-order valence-corrected chi connectivity index (χ2v) is 8.90. The first-order valence-electron chi connectivity index (χ1n) is 10.1. The first kappa shape index (κ1) is 18.2. The molecule has 0 heterocycles. The number of rotatable bonds is 3. The summed E-state index contributed by atoms with van der Waals surface area (Å²) in [6.45, 7) is 2.28. The van der Waals surface area contributed by atoms with Gasteiger partial charge in [-0.2, -0.15) is 0 Å². The van der Waals surface area contributed by atoms with Gasteiger partial charge in [0.15, 0.2) is 0 Å². The molecule has 0 radical (unpaired) electrons. The largest absolute Gasteiger partial charge is 0.206 e. The molecule has 4 unspecified atom stereocenters. The molecule has 4 atom stereocenters. The molecule has 2 aromatic carbocycles. The van der Waals surface area contributed by atoms with Crippen molar-refractivity contribution in [2.24, 2.45) is 17.8 Å². The highest BCUT2D eigenvalue weighted by atomic mass is 35.5. The van der Waals surface area contributed by atoms with Crippen LogP contribution in [-0.2, 0) is 0 Å². The smallest absolute Gasteiger partial charge is 0.142 e. The fourth-order valence-electron chi connectivity index (χ4n) is 5.53. The van der Waals surface area contributed by atoms with Crippen LogP contribution in [0.25, 0.3) is 10.8 Å². The predicted octanol–water partition coefficient (Wildman–Crippen LogP) is 7.87. The summed E-state index contributed by atoms with van der Waals surface area (Å²) in [5.74, 6) is 2.20. The minimum absolute atomic E-state index is 0.0199. The summed E-state index contributed by atoms with van der Waals surface area (Å²) in [6, 6.07) is 6.40. The lowest BCUT2D eigenvalue weighted by atomic mass is 9.63. The fourth-order valence-corrected chi connectivity index (χ4v) is 5.69. The van der Waals surface area contributed by atoms with Crippen LogP contribution in [0.15, 0.2) is 24.3 Å². The lowest BCUT2D eigenvalue weighted by Crippen LogP contribution is -2.30. The summed E-state index contributed by atoms with van der Waals surface area (Å²) in [7, 11) is 0. The Morgan fingerprint density at radius 3 is 2.50 bits per heavy atom. The van der Waals surface area contributed by atoms with Gasteiger partial charge in [-0.3, -0.25) is 0 Å². The minimum Gasteiger partial charge on any atom is -0.206 e. The third-order valence-corrected chi connectivity index (χ3v) is 7.14. The lowest BCUT2D eigenvalue weighted by molar-refractivity contribution is 0.114. The molecule has 0 aliphatic heterocycles. The molecule has 140 valence electrons. The van der Waals surface area contributed by atoms with Crippen molar-refractivity contribution in [3.63, 3.8) is 0 Å². The van der Waals surface area contributed by atoms with Gasteiger partial charge < -0.3 is 0 Å². The maximum absolute atomic E-state index is 14.6. The lowest BCUT2D eigenvalue weighted by Gasteiger charge is -2.42.